The van der Waals surface area contributed by atoms with Crippen LogP contribution in [0.5, 0.6) is 0 Å². The number of anilines is 1. The molecule has 3 aromatic rings. The van der Waals surface area contributed by atoms with Crippen LogP contribution in [-0.2, 0) is 6.18 Å². The standard InChI is InChI=1S/C18H14ClF4N3O2/c19-13-6-10(7-15-11(13)3-4-24-15)25-17(28)26-16(8-27)9-1-2-14(20)12(5-9)18(21,22)23/h1-7,16,24,27H,8H2,(H2,25,26,28). The maximum absolute atomic E-state index is 13.4. The maximum Gasteiger partial charge on any atom is 0.419 e. The van der Waals surface area contributed by atoms with Gasteiger partial charge < -0.3 is 20.7 Å². The molecule has 1 unspecified atom stereocenters. The predicted molar refractivity (Wildman–Crippen MR) is 96.7 cm³/mol. The number of alkyl halides is 3. The molecular weight excluding hydrogens is 402 g/mol. The van der Waals surface area contributed by atoms with Crippen molar-refractivity contribution in [2.45, 2.75) is 12.2 Å². The van der Waals surface area contributed by atoms with E-state index < -0.39 is 36.2 Å². The van der Waals surface area contributed by atoms with Crippen molar-refractivity contribution in [3.05, 3.63) is 64.6 Å². The number of carbonyl (C=O) groups is 1. The number of aromatic nitrogens is 1. The molecule has 5 nitrogen and oxygen atoms in total. The number of aliphatic hydroxyl groups is 1. The highest BCUT2D eigenvalue weighted by Gasteiger charge is 2.34. The van der Waals surface area contributed by atoms with Gasteiger partial charge in [-0.25, -0.2) is 9.18 Å². The average Bonchev–Trinajstić information content (AvgIpc) is 3.08. The van der Waals surface area contributed by atoms with Gasteiger partial charge in [0.15, 0.2) is 0 Å². The summed E-state index contributed by atoms with van der Waals surface area (Å²) in [6.45, 7) is -0.688. The van der Waals surface area contributed by atoms with Crippen LogP contribution in [0.4, 0.5) is 28.0 Å². The molecule has 148 valence electrons. The Labute approximate surface area is 161 Å². The molecule has 1 atom stereocenters. The molecule has 1 heterocycles. The Morgan fingerprint density at radius 2 is 1.96 bits per heavy atom. The Morgan fingerprint density at radius 3 is 2.64 bits per heavy atom. The summed E-state index contributed by atoms with van der Waals surface area (Å²) in [7, 11) is 0. The van der Waals surface area contributed by atoms with Crippen LogP contribution in [-0.4, -0.2) is 22.7 Å². The molecule has 3 rings (SSSR count). The molecule has 28 heavy (non-hydrogen) atoms. The van der Waals surface area contributed by atoms with E-state index in [9.17, 15) is 27.5 Å². The van der Waals surface area contributed by atoms with Crippen LogP contribution in [0.2, 0.25) is 5.02 Å². The molecule has 10 heteroatoms. The molecule has 0 spiro atoms. The van der Waals surface area contributed by atoms with Gasteiger partial charge in [-0.15, -0.1) is 0 Å². The molecule has 2 amide bonds. The number of benzene rings is 2. The van der Waals surface area contributed by atoms with Crippen molar-refractivity contribution in [1.82, 2.24) is 10.3 Å². The minimum atomic E-state index is -4.90. The molecule has 0 aliphatic heterocycles. The van der Waals surface area contributed by atoms with Crippen molar-refractivity contribution in [2.75, 3.05) is 11.9 Å². The summed E-state index contributed by atoms with van der Waals surface area (Å²) in [6.07, 6.45) is -3.22. The zero-order chi connectivity index (χ0) is 20.5. The highest BCUT2D eigenvalue weighted by Crippen LogP contribution is 2.33. The van der Waals surface area contributed by atoms with Gasteiger partial charge in [-0.2, -0.15) is 13.2 Å². The molecule has 0 aliphatic rings. The number of H-pyrrole nitrogens is 1. The summed E-state index contributed by atoms with van der Waals surface area (Å²) in [5, 5.41) is 15.5. The lowest BCUT2D eigenvalue weighted by molar-refractivity contribution is -0.140. The van der Waals surface area contributed by atoms with E-state index in [0.29, 0.717) is 28.4 Å². The minimum absolute atomic E-state index is 0.0933. The summed E-state index contributed by atoms with van der Waals surface area (Å²) >= 11 is 6.12. The zero-order valence-corrected chi connectivity index (χ0v) is 14.8. The van der Waals surface area contributed by atoms with E-state index in [1.807, 2.05) is 0 Å². The van der Waals surface area contributed by atoms with Crippen molar-refractivity contribution in [3.63, 3.8) is 0 Å². The van der Waals surface area contributed by atoms with E-state index in [1.165, 1.54) is 6.07 Å². The van der Waals surface area contributed by atoms with Gasteiger partial charge in [0.25, 0.3) is 0 Å². The van der Waals surface area contributed by atoms with Crippen molar-refractivity contribution in [2.24, 2.45) is 0 Å². The molecule has 4 N–H and O–H groups in total. The fourth-order valence-electron chi connectivity index (χ4n) is 2.73. The van der Waals surface area contributed by atoms with E-state index in [-0.39, 0.29) is 5.56 Å². The third-order valence-corrected chi connectivity index (χ3v) is 4.38. The van der Waals surface area contributed by atoms with Crippen molar-refractivity contribution >= 4 is 34.2 Å². The first-order valence-corrected chi connectivity index (χ1v) is 8.38. The number of fused-ring (bicyclic) bond motifs is 1. The Kier molecular flexibility index (Phi) is 5.48. The number of urea groups is 1. The number of carbonyl (C=O) groups excluding carboxylic acids is 1. The normalized spacial score (nSPS) is 12.8. The highest BCUT2D eigenvalue weighted by atomic mass is 35.5. The second-order valence-corrected chi connectivity index (χ2v) is 6.37. The molecule has 0 radical (unpaired) electrons. The summed E-state index contributed by atoms with van der Waals surface area (Å²) < 4.78 is 52.0. The van der Waals surface area contributed by atoms with Crippen LogP contribution in [0.1, 0.15) is 17.2 Å². The lowest BCUT2D eigenvalue weighted by Gasteiger charge is -2.19. The third kappa shape index (κ3) is 4.20. The molecule has 2 aromatic carbocycles. The van der Waals surface area contributed by atoms with Crippen LogP contribution in [0.25, 0.3) is 10.9 Å². The Bertz CT molecular complexity index is 1020. The molecule has 0 saturated carbocycles. The number of nitrogens with one attached hydrogen (secondary N) is 3. The fourth-order valence-corrected chi connectivity index (χ4v) is 3.01. The molecule has 1 aromatic heterocycles. The second kappa shape index (κ2) is 7.69. The molecule has 0 aliphatic carbocycles. The van der Waals surface area contributed by atoms with Crippen molar-refractivity contribution in [1.29, 1.82) is 0 Å². The first-order chi connectivity index (χ1) is 13.2. The van der Waals surface area contributed by atoms with Gasteiger partial charge in [0, 0.05) is 22.8 Å². The van der Waals surface area contributed by atoms with Crippen LogP contribution in [0, 0.1) is 5.82 Å². The number of rotatable bonds is 4. The van der Waals surface area contributed by atoms with E-state index >= 15 is 0 Å². The highest BCUT2D eigenvalue weighted by molar-refractivity contribution is 6.35. The molecular formula is C18H14ClF4N3O2. The van der Waals surface area contributed by atoms with E-state index in [0.717, 1.165) is 11.5 Å². The topological polar surface area (TPSA) is 77.2 Å². The lowest BCUT2D eigenvalue weighted by Crippen LogP contribution is -2.34. The summed E-state index contributed by atoms with van der Waals surface area (Å²) in [6, 6.07) is 5.19. The quantitative estimate of drug-likeness (QED) is 0.460. The number of hydrogen-bond acceptors (Lipinski definition) is 2. The van der Waals surface area contributed by atoms with E-state index in [1.54, 1.807) is 18.3 Å². The maximum atomic E-state index is 13.4. The fraction of sp³-hybridized carbons (Fsp3) is 0.167. The largest absolute Gasteiger partial charge is 0.419 e. The summed E-state index contributed by atoms with van der Waals surface area (Å²) in [4.78, 5) is 15.1. The van der Waals surface area contributed by atoms with Gasteiger partial charge in [-0.1, -0.05) is 17.7 Å². The minimum Gasteiger partial charge on any atom is -0.394 e. The first-order valence-electron chi connectivity index (χ1n) is 8.00. The second-order valence-electron chi connectivity index (χ2n) is 5.97. The molecule has 0 bridgehead atoms. The van der Waals surface area contributed by atoms with Gasteiger partial charge in [0.2, 0.25) is 0 Å². The van der Waals surface area contributed by atoms with E-state index in [4.69, 9.17) is 11.6 Å². The monoisotopic (exact) mass is 415 g/mol. The summed E-state index contributed by atoms with van der Waals surface area (Å²) in [5.41, 5.74) is -0.557. The number of hydrogen-bond donors (Lipinski definition) is 4. The Hall–Kier alpha value is -2.78. The molecule has 0 saturated heterocycles. The van der Waals surface area contributed by atoms with E-state index in [2.05, 4.69) is 15.6 Å². The third-order valence-electron chi connectivity index (χ3n) is 4.06. The Balaban J connectivity index is 1.78. The smallest absolute Gasteiger partial charge is 0.394 e. The van der Waals surface area contributed by atoms with Crippen LogP contribution >= 0.6 is 11.6 Å². The van der Waals surface area contributed by atoms with Crippen molar-refractivity contribution < 1.29 is 27.5 Å². The number of aromatic amines is 1. The van der Waals surface area contributed by atoms with Crippen molar-refractivity contribution in [3.8, 4) is 0 Å². The van der Waals surface area contributed by atoms with Gasteiger partial charge >= 0.3 is 12.2 Å². The van der Waals surface area contributed by atoms with Gasteiger partial charge in [-0.05, 0) is 35.9 Å². The Morgan fingerprint density at radius 1 is 1.21 bits per heavy atom. The number of amides is 2. The number of halogens is 5. The van der Waals surface area contributed by atoms with Crippen LogP contribution < -0.4 is 10.6 Å². The van der Waals surface area contributed by atoms with Crippen LogP contribution in [0.3, 0.4) is 0 Å². The van der Waals surface area contributed by atoms with Gasteiger partial charge in [0.05, 0.1) is 23.2 Å². The SMILES string of the molecule is O=C(Nc1cc(Cl)c2cc[nH]c2c1)NC(CO)c1ccc(F)c(C(F)(F)F)c1. The zero-order valence-electron chi connectivity index (χ0n) is 14.1. The molecule has 0 fully saturated rings. The van der Waals surface area contributed by atoms with Gasteiger partial charge in [-0.3, -0.25) is 0 Å². The first kappa shape index (κ1) is 20.0. The summed E-state index contributed by atoms with van der Waals surface area (Å²) in [5.74, 6) is -1.44. The average molecular weight is 416 g/mol. The van der Waals surface area contributed by atoms with Crippen LogP contribution in [0.15, 0.2) is 42.6 Å². The van der Waals surface area contributed by atoms with Gasteiger partial charge in [0.1, 0.15) is 5.82 Å². The lowest BCUT2D eigenvalue weighted by atomic mass is 10.0. The predicted octanol–water partition coefficient (Wildman–Crippen LogP) is 4.83. The number of aliphatic hydroxyl groups excluding tert-OH is 1.